The third kappa shape index (κ3) is 96.6. The number of carboxylic acids is 2. The van der Waals surface area contributed by atoms with Gasteiger partial charge in [-0.05, 0) is 117 Å². The molecule has 2 heterocycles. The summed E-state index contributed by atoms with van der Waals surface area (Å²) in [5.41, 5.74) is 9.37. The first-order valence-electron chi connectivity index (χ1n) is 41.1. The Bertz CT molecular complexity index is 4470. The Morgan fingerprint density at radius 3 is 1.57 bits per heavy atom. The number of unbranched alkanes of at least 4 members (excludes halogenated alkanes) is 8. The average Bonchev–Trinajstić information content (AvgIpc) is 0.842. The van der Waals surface area contributed by atoms with Crippen molar-refractivity contribution in [3.63, 3.8) is 0 Å². The maximum Gasteiger partial charge on any atom is 0.382 e. The number of methoxy groups -OCH3 is 3. The summed E-state index contributed by atoms with van der Waals surface area (Å²) in [5, 5.41) is 36.1. The van der Waals surface area contributed by atoms with Crippen molar-refractivity contribution >= 4 is 37.4 Å². The number of aliphatic hydroxyl groups excluding tert-OH is 2. The molecule has 5 aromatic rings. The average molecular weight is 1820 g/mol. The second kappa shape index (κ2) is 102. The number of Topliss-reactive ketones (excluding diaryl/α,β-unsaturated/α-hetero) is 1. The highest BCUT2D eigenvalue weighted by Gasteiger charge is 2.20. The summed E-state index contributed by atoms with van der Waals surface area (Å²) in [5.74, 6) is 35.5. The van der Waals surface area contributed by atoms with Gasteiger partial charge < -0.3 is 64.1 Å². The van der Waals surface area contributed by atoms with E-state index in [-0.39, 0.29) is 74.0 Å². The standard InChI is InChI=1S/C11H18O2.C9H8O2S.C9H6O2.2C9H8O.C9H16.C8H13FO4.C8H12O2.C8H6.C7H11NO2S.C5H13NO2.C4H6O.C4H4O.C4H6/c1-3-5-6-7-9-10(8-4-2)11(12)13;1-3-12(10,11)9-6-4-8(2)5-7-9;10-9(11)7-6-8-4-2-1-3-5-8;1-3-8-6-4-5-7-9(8)10-2;1-2-9(10)8-6-4-3-5-7-8;1-3-5-7-9-8-6-4-2;9-13-8-7-12-5-2-1-4-11-6-3-10;1-2-6-9-8-5-3-4-7-10-8;1-2-8-6-4-3-5-7-8;1-2-3-8-4-6-11(9,10)7-5-8;1-7-4-5-8-3-2-6;1-3-4-5-2;1-3-4(2)5;1-3-4-2/h2,10H,3,5-9H2,1H3,(H,12,13);1,4-7H,2H3;1-5H,(H,10,11);1,4-7H,2H3;1,3-7,9-10H;1H,4-9H2,2H3;10H,3-8H2;1,8H,3-7H2;1,3-7H;1H,3-7H2;2-6H2,1H3;1H,4H2,2H3;1H,2H3;1-2H3. The quantitative estimate of drug-likeness (QED) is 0.0119. The van der Waals surface area contributed by atoms with Gasteiger partial charge >= 0.3 is 11.9 Å². The molecule has 0 spiro atoms. The summed E-state index contributed by atoms with van der Waals surface area (Å²) in [6, 6.07) is 41.7. The van der Waals surface area contributed by atoms with Gasteiger partial charge in [0.2, 0.25) is 15.6 Å². The molecular weight excluding hydrogens is 1680 g/mol. The van der Waals surface area contributed by atoms with Gasteiger partial charge in [-0.3, -0.25) is 14.5 Å². The van der Waals surface area contributed by atoms with Crippen molar-refractivity contribution in [1.82, 2.24) is 4.90 Å². The van der Waals surface area contributed by atoms with E-state index < -0.39 is 37.7 Å². The summed E-state index contributed by atoms with van der Waals surface area (Å²) in [4.78, 5) is 35.7. The molecule has 22 nitrogen and oxygen atoms in total. The third-order valence-corrected chi connectivity index (χ3v) is 18.0. The molecule has 0 amide bonds. The summed E-state index contributed by atoms with van der Waals surface area (Å²) in [7, 11) is -1.41. The van der Waals surface area contributed by atoms with Crippen LogP contribution in [0.2, 0.25) is 0 Å². The Hall–Kier alpha value is -11.9. The van der Waals surface area contributed by atoms with E-state index in [9.17, 15) is 35.7 Å². The lowest BCUT2D eigenvalue weighted by molar-refractivity contribution is -0.154. The number of aliphatic carboxylic acids is 2. The molecule has 2 aliphatic heterocycles. The van der Waals surface area contributed by atoms with Gasteiger partial charge in [0.15, 0.2) is 16.1 Å². The number of sulfone groups is 2. The van der Waals surface area contributed by atoms with E-state index >= 15 is 0 Å². The second-order valence-electron chi connectivity index (χ2n) is 25.5. The Balaban J connectivity index is -0.000000251. The van der Waals surface area contributed by atoms with Crippen molar-refractivity contribution < 1.29 is 99.0 Å². The van der Waals surface area contributed by atoms with Gasteiger partial charge in [-0.15, -0.1) is 87.9 Å². The van der Waals surface area contributed by atoms with Crippen molar-refractivity contribution in [2.45, 2.75) is 155 Å². The SMILES string of the molecule is C#CC(C)=O.C#CC(O)c1ccccc1.C#CCC(CCCCCC)C(=O)O.C#CCCCCCCC.C#CCN1CCS(=O)(=O)CC1.C#CCOC.C#CCOC1CCCCO1.C#CS(=O)(=O)c1ccc(C)cc1.C#Cc1ccccc1.C#Cc1ccccc1OC.CC#CC.COCCOCCN.O=C(O)C#Cc1ccccc1.OCCOCC#CCOCCOF. The lowest BCUT2D eigenvalue weighted by Gasteiger charge is -2.23. The molecule has 700 valence electrons. The molecule has 7 rings (SSSR count). The van der Waals surface area contributed by atoms with E-state index in [2.05, 4.69) is 107 Å². The molecule has 0 aromatic heterocycles. The molecule has 0 saturated carbocycles. The van der Waals surface area contributed by atoms with Gasteiger partial charge in [-0.25, -0.2) is 21.6 Å². The second-order valence-corrected chi connectivity index (χ2v) is 29.5. The highest BCUT2D eigenvalue weighted by Crippen LogP contribution is 2.17. The number of hydrogen-bond acceptors (Lipinski definition) is 20. The van der Waals surface area contributed by atoms with E-state index in [0.717, 1.165) is 78.7 Å². The molecule has 2 aliphatic rings. The first-order chi connectivity index (χ1) is 62.1. The van der Waals surface area contributed by atoms with Crippen molar-refractivity contribution in [3.05, 3.63) is 167 Å². The monoisotopic (exact) mass is 1810 g/mol. The molecule has 0 bridgehead atoms. The fourth-order valence-electron chi connectivity index (χ4n) is 8.50. The lowest BCUT2D eigenvalue weighted by Crippen LogP contribution is -2.40. The molecule has 5 aromatic carbocycles. The van der Waals surface area contributed by atoms with Crippen LogP contribution in [0, 0.1) is 171 Å². The van der Waals surface area contributed by atoms with Crippen LogP contribution >= 0.6 is 0 Å². The zero-order valence-corrected chi connectivity index (χ0v) is 78.3. The van der Waals surface area contributed by atoms with Crippen molar-refractivity contribution in [2.75, 3.05) is 138 Å². The maximum atomic E-state index is 11.1. The highest BCUT2D eigenvalue weighted by molar-refractivity contribution is 7.96. The van der Waals surface area contributed by atoms with Crippen molar-refractivity contribution in [3.8, 4) is 164 Å². The molecule has 6 N–H and O–H groups in total. The fourth-order valence-corrected chi connectivity index (χ4v) is 10.4. The Morgan fingerprint density at radius 1 is 0.620 bits per heavy atom. The number of carbonyl (C=O) groups excluding carboxylic acids is 1. The van der Waals surface area contributed by atoms with Gasteiger partial charge in [-0.1, -0.05) is 215 Å². The number of carboxylic acid groups (broad SMARTS) is 2. The number of nitrogens with zero attached hydrogens (tertiary/aromatic N) is 1. The zero-order chi connectivity index (χ0) is 98.4. The predicted molar refractivity (Wildman–Crippen MR) is 516 cm³/mol. The minimum Gasteiger partial charge on any atom is -0.495 e. The summed E-state index contributed by atoms with van der Waals surface area (Å²) in [6.07, 6.45) is 65.4. The van der Waals surface area contributed by atoms with Crippen LogP contribution in [0.15, 0.2) is 144 Å². The summed E-state index contributed by atoms with van der Waals surface area (Å²) < 4.78 is 94.3. The number of hydrogen-bond donors (Lipinski definition) is 5. The summed E-state index contributed by atoms with van der Waals surface area (Å²) in [6.45, 7) is 18.0. The number of benzene rings is 5. The topological polar surface area (TPSA) is 313 Å². The number of para-hydroxylation sites is 1. The predicted octanol–water partition coefficient (Wildman–Crippen LogP) is 14.4. The van der Waals surface area contributed by atoms with E-state index in [1.54, 1.807) is 63.0 Å². The number of ether oxygens (including phenoxy) is 8. The smallest absolute Gasteiger partial charge is 0.382 e. The molecule has 2 fully saturated rings. The van der Waals surface area contributed by atoms with Crippen LogP contribution in [0.4, 0.5) is 4.53 Å². The molecule has 129 heavy (non-hydrogen) atoms. The van der Waals surface area contributed by atoms with Crippen LogP contribution in [0.25, 0.3) is 0 Å². The van der Waals surface area contributed by atoms with Crippen LogP contribution in [0.5, 0.6) is 5.75 Å². The third-order valence-electron chi connectivity index (χ3n) is 15.2. The van der Waals surface area contributed by atoms with Crippen LogP contribution in [0.1, 0.15) is 165 Å². The van der Waals surface area contributed by atoms with Gasteiger partial charge in [0, 0.05) is 82.5 Å². The minimum absolute atomic E-state index is 0.00792. The van der Waals surface area contributed by atoms with Crippen LogP contribution in [-0.2, 0) is 72.2 Å². The number of nitrogens with two attached hydrogens (primary N) is 1. The van der Waals surface area contributed by atoms with Crippen molar-refractivity contribution in [1.29, 1.82) is 0 Å². The molecular formula is C104H135FN2O20S2. The number of halogens is 1. The number of rotatable bonds is 31. The molecule has 0 radical (unpaired) electrons. The molecule has 0 aliphatic carbocycles. The van der Waals surface area contributed by atoms with Crippen LogP contribution in [0.3, 0.4) is 0 Å². The molecule has 3 unspecified atom stereocenters. The first-order valence-corrected chi connectivity index (χ1v) is 44.4. The number of carbonyl (C=O) groups is 3. The number of terminal acetylenes is 10. The fraction of sp³-hybridized carbons (Fsp3) is 0.433. The van der Waals surface area contributed by atoms with Crippen molar-refractivity contribution in [2.24, 2.45) is 11.7 Å². The Labute approximate surface area is 773 Å². The van der Waals surface area contributed by atoms with Gasteiger partial charge in [0.1, 0.15) is 44.9 Å². The normalized spacial score (nSPS) is 11.8. The van der Waals surface area contributed by atoms with Gasteiger partial charge in [-0.2, -0.15) is 4.94 Å². The Morgan fingerprint density at radius 2 is 1.16 bits per heavy atom. The van der Waals surface area contributed by atoms with Crippen LogP contribution in [-0.4, -0.2) is 204 Å². The number of aryl methyl sites for hydroxylation is 1. The molecule has 2 saturated heterocycles. The molecule has 25 heteroatoms. The summed E-state index contributed by atoms with van der Waals surface area (Å²) >= 11 is 0. The lowest BCUT2D eigenvalue weighted by atomic mass is 9.98. The van der Waals surface area contributed by atoms with Crippen LogP contribution < -0.4 is 10.5 Å². The van der Waals surface area contributed by atoms with Gasteiger partial charge in [0.05, 0.1) is 81.2 Å². The van der Waals surface area contributed by atoms with E-state index in [4.69, 9.17) is 117 Å². The minimum atomic E-state index is -3.49. The zero-order valence-electron chi connectivity index (χ0n) is 76.7. The van der Waals surface area contributed by atoms with E-state index in [0.29, 0.717) is 65.6 Å². The maximum absolute atomic E-state index is 11.1. The van der Waals surface area contributed by atoms with E-state index in [1.807, 2.05) is 129 Å². The number of aliphatic hydroxyl groups is 2. The van der Waals surface area contributed by atoms with Gasteiger partial charge in [0.25, 0.3) is 0 Å². The first kappa shape index (κ1) is 130. The molecule has 3 atom stereocenters. The number of ketones is 1. The highest BCUT2D eigenvalue weighted by atomic mass is 32.2. The largest absolute Gasteiger partial charge is 0.495 e. The van der Waals surface area contributed by atoms with E-state index in [1.165, 1.54) is 70.4 Å². The Kier molecular flexibility index (Phi) is 103.